The molecule has 1 amide bonds. The summed E-state index contributed by atoms with van der Waals surface area (Å²) in [5.41, 5.74) is 3.27. The lowest BCUT2D eigenvalue weighted by Crippen LogP contribution is -2.36. The third-order valence-corrected chi connectivity index (χ3v) is 4.67. The minimum Gasteiger partial charge on any atom is -0.441 e. The largest absolute Gasteiger partial charge is 0.441 e. The smallest absolute Gasteiger partial charge is 0.274 e. The number of carbonyl (C=O) groups is 1. The molecule has 26 heavy (non-hydrogen) atoms. The first-order chi connectivity index (χ1) is 12.5. The van der Waals surface area contributed by atoms with Gasteiger partial charge in [0.05, 0.1) is 6.54 Å². The van der Waals surface area contributed by atoms with Crippen LogP contribution in [0.2, 0.25) is 0 Å². The van der Waals surface area contributed by atoms with Gasteiger partial charge in [-0.15, -0.1) is 0 Å². The average molecular weight is 350 g/mol. The highest BCUT2D eigenvalue weighted by atomic mass is 16.4. The second-order valence-electron chi connectivity index (χ2n) is 6.94. The number of nitrogens with zero attached hydrogens (tertiary/aromatic N) is 4. The fourth-order valence-electron chi connectivity index (χ4n) is 3.35. The summed E-state index contributed by atoms with van der Waals surface area (Å²) in [7, 11) is 0. The van der Waals surface area contributed by atoms with Gasteiger partial charge in [-0.05, 0) is 39.0 Å². The standard InChI is InChI=1S/C20H22N4O2/c1-13(2)24-14(3)11-16(22-24)20(25)23-10-9-18-17(12-23)21-19(26-18)15-7-5-4-6-8-15/h4-8,11,13H,9-10,12H2,1-3H3. The summed E-state index contributed by atoms with van der Waals surface area (Å²) in [6, 6.07) is 11.9. The Kier molecular flexibility index (Phi) is 4.11. The van der Waals surface area contributed by atoms with Crippen molar-refractivity contribution in [2.45, 2.75) is 39.8 Å². The number of rotatable bonds is 3. The van der Waals surface area contributed by atoms with E-state index < -0.39 is 0 Å². The van der Waals surface area contributed by atoms with E-state index in [0.29, 0.717) is 31.1 Å². The SMILES string of the molecule is Cc1cc(C(=O)N2CCc3oc(-c4ccccc4)nc3C2)nn1C(C)C. The van der Waals surface area contributed by atoms with Gasteiger partial charge in [0.15, 0.2) is 5.69 Å². The number of amides is 1. The predicted molar refractivity (Wildman–Crippen MR) is 97.7 cm³/mol. The van der Waals surface area contributed by atoms with Crippen LogP contribution in [0.3, 0.4) is 0 Å². The Morgan fingerprint density at radius 1 is 1.23 bits per heavy atom. The molecule has 0 unspecified atom stereocenters. The second kappa shape index (κ2) is 6.44. The van der Waals surface area contributed by atoms with Crippen molar-refractivity contribution < 1.29 is 9.21 Å². The van der Waals surface area contributed by atoms with Gasteiger partial charge in [-0.25, -0.2) is 4.98 Å². The number of carbonyl (C=O) groups excluding carboxylic acids is 1. The molecular formula is C20H22N4O2. The summed E-state index contributed by atoms with van der Waals surface area (Å²) in [6.45, 7) is 7.16. The van der Waals surface area contributed by atoms with Gasteiger partial charge in [0.25, 0.3) is 5.91 Å². The molecule has 3 heterocycles. The molecule has 0 aliphatic carbocycles. The Morgan fingerprint density at radius 3 is 2.69 bits per heavy atom. The van der Waals surface area contributed by atoms with Crippen LogP contribution >= 0.6 is 0 Å². The fourth-order valence-corrected chi connectivity index (χ4v) is 3.35. The van der Waals surface area contributed by atoms with Crippen molar-refractivity contribution in [3.63, 3.8) is 0 Å². The molecule has 6 heteroatoms. The van der Waals surface area contributed by atoms with E-state index >= 15 is 0 Å². The zero-order chi connectivity index (χ0) is 18.3. The van der Waals surface area contributed by atoms with Crippen molar-refractivity contribution >= 4 is 5.91 Å². The minimum atomic E-state index is -0.0533. The van der Waals surface area contributed by atoms with Gasteiger partial charge in [0.2, 0.25) is 5.89 Å². The zero-order valence-electron chi connectivity index (χ0n) is 15.3. The lowest BCUT2D eigenvalue weighted by molar-refractivity contribution is 0.0721. The summed E-state index contributed by atoms with van der Waals surface area (Å²) in [5, 5.41) is 4.47. The van der Waals surface area contributed by atoms with E-state index in [1.807, 2.05) is 48.0 Å². The monoisotopic (exact) mass is 350 g/mol. The van der Waals surface area contributed by atoms with E-state index in [4.69, 9.17) is 4.42 Å². The lowest BCUT2D eigenvalue weighted by atomic mass is 10.1. The van der Waals surface area contributed by atoms with Crippen molar-refractivity contribution in [3.05, 3.63) is 59.2 Å². The molecule has 0 atom stereocenters. The van der Waals surface area contributed by atoms with Gasteiger partial charge >= 0.3 is 0 Å². The lowest BCUT2D eigenvalue weighted by Gasteiger charge is -2.24. The third-order valence-electron chi connectivity index (χ3n) is 4.67. The van der Waals surface area contributed by atoms with E-state index in [9.17, 15) is 4.79 Å². The number of benzene rings is 1. The van der Waals surface area contributed by atoms with Crippen LogP contribution in [0.4, 0.5) is 0 Å². The second-order valence-corrected chi connectivity index (χ2v) is 6.94. The van der Waals surface area contributed by atoms with E-state index in [1.54, 1.807) is 4.90 Å². The number of aromatic nitrogens is 3. The molecule has 0 radical (unpaired) electrons. The Morgan fingerprint density at radius 2 is 2.00 bits per heavy atom. The highest BCUT2D eigenvalue weighted by Crippen LogP contribution is 2.26. The molecule has 1 aliphatic rings. The number of fused-ring (bicyclic) bond motifs is 1. The molecule has 0 spiro atoms. The van der Waals surface area contributed by atoms with Crippen LogP contribution in [0.5, 0.6) is 0 Å². The maximum atomic E-state index is 12.9. The van der Waals surface area contributed by atoms with Crippen molar-refractivity contribution in [1.29, 1.82) is 0 Å². The summed E-state index contributed by atoms with van der Waals surface area (Å²) in [6.07, 6.45) is 0.671. The quantitative estimate of drug-likeness (QED) is 0.724. The summed E-state index contributed by atoms with van der Waals surface area (Å²) in [5.74, 6) is 1.43. The van der Waals surface area contributed by atoms with Crippen molar-refractivity contribution in [1.82, 2.24) is 19.7 Å². The summed E-state index contributed by atoms with van der Waals surface area (Å²) >= 11 is 0. The van der Waals surface area contributed by atoms with E-state index in [-0.39, 0.29) is 11.9 Å². The van der Waals surface area contributed by atoms with Crippen molar-refractivity contribution in [2.24, 2.45) is 0 Å². The summed E-state index contributed by atoms with van der Waals surface area (Å²) in [4.78, 5) is 19.3. The first-order valence-electron chi connectivity index (χ1n) is 8.92. The molecule has 0 saturated heterocycles. The minimum absolute atomic E-state index is 0.0533. The molecule has 6 nitrogen and oxygen atoms in total. The Bertz CT molecular complexity index is 940. The van der Waals surface area contributed by atoms with Gasteiger partial charge in [-0.2, -0.15) is 5.10 Å². The predicted octanol–water partition coefficient (Wildman–Crippen LogP) is 3.63. The topological polar surface area (TPSA) is 64.2 Å². The molecule has 1 aromatic carbocycles. The third kappa shape index (κ3) is 2.92. The molecule has 0 bridgehead atoms. The van der Waals surface area contributed by atoms with Gasteiger partial charge in [0.1, 0.15) is 11.5 Å². The van der Waals surface area contributed by atoms with Crippen LogP contribution in [-0.2, 0) is 13.0 Å². The molecule has 4 rings (SSSR count). The van der Waals surface area contributed by atoms with E-state index in [2.05, 4.69) is 23.9 Å². The molecule has 0 N–H and O–H groups in total. The average Bonchev–Trinajstić information content (AvgIpc) is 3.24. The van der Waals surface area contributed by atoms with Crippen LogP contribution in [0, 0.1) is 6.92 Å². The van der Waals surface area contributed by atoms with E-state index in [0.717, 1.165) is 22.7 Å². The highest BCUT2D eigenvalue weighted by Gasteiger charge is 2.28. The Labute approximate surface area is 152 Å². The normalized spacial score (nSPS) is 13.9. The van der Waals surface area contributed by atoms with Crippen LogP contribution in [-0.4, -0.2) is 32.1 Å². The number of aryl methyl sites for hydroxylation is 1. The van der Waals surface area contributed by atoms with Crippen molar-refractivity contribution in [3.8, 4) is 11.5 Å². The maximum absolute atomic E-state index is 12.9. The van der Waals surface area contributed by atoms with E-state index in [1.165, 1.54) is 0 Å². The van der Waals surface area contributed by atoms with Gasteiger partial charge in [0, 0.05) is 30.3 Å². The van der Waals surface area contributed by atoms with Crippen LogP contribution in [0.1, 0.15) is 47.5 Å². The molecule has 134 valence electrons. The molecule has 0 fully saturated rings. The van der Waals surface area contributed by atoms with Crippen LogP contribution < -0.4 is 0 Å². The summed E-state index contributed by atoms with van der Waals surface area (Å²) < 4.78 is 7.79. The van der Waals surface area contributed by atoms with Crippen LogP contribution in [0.25, 0.3) is 11.5 Å². The zero-order valence-corrected chi connectivity index (χ0v) is 15.3. The molecule has 3 aromatic rings. The van der Waals surface area contributed by atoms with Crippen molar-refractivity contribution in [2.75, 3.05) is 6.54 Å². The Hall–Kier alpha value is -2.89. The highest BCUT2D eigenvalue weighted by molar-refractivity contribution is 5.92. The van der Waals surface area contributed by atoms with Gasteiger partial charge in [-0.1, -0.05) is 18.2 Å². The molecule has 0 saturated carbocycles. The number of oxazole rings is 1. The molecular weight excluding hydrogens is 328 g/mol. The maximum Gasteiger partial charge on any atom is 0.274 e. The first kappa shape index (κ1) is 16.6. The van der Waals surface area contributed by atoms with Crippen LogP contribution in [0.15, 0.2) is 40.8 Å². The van der Waals surface area contributed by atoms with Gasteiger partial charge < -0.3 is 9.32 Å². The number of hydrogen-bond donors (Lipinski definition) is 0. The molecule has 1 aliphatic heterocycles. The fraction of sp³-hybridized carbons (Fsp3) is 0.350. The van der Waals surface area contributed by atoms with Gasteiger partial charge in [-0.3, -0.25) is 9.48 Å². The Balaban J connectivity index is 1.56. The number of hydrogen-bond acceptors (Lipinski definition) is 4. The molecule has 2 aromatic heterocycles. The first-order valence-corrected chi connectivity index (χ1v) is 8.92.